The summed E-state index contributed by atoms with van der Waals surface area (Å²) in [7, 11) is 0. The fourth-order valence-corrected chi connectivity index (χ4v) is 10.9. The Kier molecular flexibility index (Phi) is 32.0. The third-order valence-electron chi connectivity index (χ3n) is 15.6. The van der Waals surface area contributed by atoms with E-state index < -0.39 is 173 Å². The van der Waals surface area contributed by atoms with Gasteiger partial charge in [-0.05, 0) is 97.1 Å². The van der Waals surface area contributed by atoms with Crippen molar-refractivity contribution in [3.63, 3.8) is 0 Å². The number of halogens is 1. The summed E-state index contributed by atoms with van der Waals surface area (Å²) in [6.07, 6.45) is -28.7. The van der Waals surface area contributed by atoms with Gasteiger partial charge in [0, 0.05) is 33.1 Å². The molecule has 12 unspecified atom stereocenters. The lowest BCUT2D eigenvalue weighted by atomic mass is 10.0. The van der Waals surface area contributed by atoms with Gasteiger partial charge in [-0.25, -0.2) is 38.4 Å². The summed E-state index contributed by atoms with van der Waals surface area (Å²) >= 11 is 1.70. The number of benzene rings is 8. The van der Waals surface area contributed by atoms with E-state index in [0.29, 0.717) is 0 Å². The Morgan fingerprint density at radius 3 is 0.802 bits per heavy atom. The molecule has 106 heavy (non-hydrogen) atoms. The standard InChI is InChI=1S/C79H75IO26/c1-50(81)98-60(43-48-96-77(91)67(105-75(89)58-39-23-9-24-40-58)64(102-73(87)56-35-19-7-20-36-56)61(100-71(85)54-31-15-5-16-32-54)44-46-94-69(83)52-27-11-3-12-28-52)63(66(99-51(2)82)78(92)97-49-80)104-79(93)68(106-76(90)59-41-25-10-26-42-59)65(103-74(88)57-37-21-8-22-38-57)62(101-72(86)55-33-17-6-18-34-55)45-47-95-70(84)53-29-13-4-14-30-53/h3-42,60-68,77-79,91-93H,43-49H2,1-2H3. The molecule has 26 nitrogen and oxygen atoms in total. The van der Waals surface area contributed by atoms with Crippen LogP contribution in [-0.4, -0.2) is 173 Å². The number of alkyl halides is 1. The maximum absolute atomic E-state index is 14.6. The molecule has 0 aliphatic heterocycles. The van der Waals surface area contributed by atoms with Gasteiger partial charge in [0.25, 0.3) is 0 Å². The van der Waals surface area contributed by atoms with Crippen molar-refractivity contribution in [3.05, 3.63) is 287 Å². The lowest BCUT2D eigenvalue weighted by Crippen LogP contribution is -2.57. The van der Waals surface area contributed by atoms with Crippen LogP contribution < -0.4 is 0 Å². The van der Waals surface area contributed by atoms with Crippen molar-refractivity contribution in [2.45, 2.75) is 107 Å². The lowest BCUT2D eigenvalue weighted by Gasteiger charge is -2.39. The number of rotatable bonds is 39. The smallest absolute Gasteiger partial charge is 0.338 e. The van der Waals surface area contributed by atoms with Crippen LogP contribution in [0.15, 0.2) is 243 Å². The van der Waals surface area contributed by atoms with Crippen LogP contribution in [0.5, 0.6) is 0 Å². The molecule has 0 aliphatic rings. The predicted molar refractivity (Wildman–Crippen MR) is 381 cm³/mol. The molecular formula is C79H75IO26. The third-order valence-corrected chi connectivity index (χ3v) is 16.0. The molecule has 0 aliphatic carbocycles. The molecule has 8 aromatic rings. The van der Waals surface area contributed by atoms with E-state index in [2.05, 4.69) is 0 Å². The number of ether oxygens (including phenoxy) is 13. The Bertz CT molecular complexity index is 4110. The van der Waals surface area contributed by atoms with Crippen LogP contribution >= 0.6 is 22.6 Å². The van der Waals surface area contributed by atoms with Gasteiger partial charge in [-0.15, -0.1) is 0 Å². The van der Waals surface area contributed by atoms with Crippen molar-refractivity contribution in [3.8, 4) is 0 Å². The first-order valence-electron chi connectivity index (χ1n) is 33.1. The average molecular weight is 1570 g/mol. The van der Waals surface area contributed by atoms with Crippen LogP contribution in [0.3, 0.4) is 0 Å². The van der Waals surface area contributed by atoms with Gasteiger partial charge >= 0.3 is 59.7 Å². The van der Waals surface area contributed by atoms with Crippen LogP contribution in [0.25, 0.3) is 0 Å². The highest BCUT2D eigenvalue weighted by Gasteiger charge is 2.49. The van der Waals surface area contributed by atoms with E-state index >= 15 is 0 Å². The summed E-state index contributed by atoms with van der Waals surface area (Å²) in [6, 6.07) is 59.5. The molecule has 3 N–H and O–H groups in total. The Morgan fingerprint density at radius 2 is 0.509 bits per heavy atom. The maximum Gasteiger partial charge on any atom is 0.338 e. The van der Waals surface area contributed by atoms with Crippen LogP contribution in [0, 0.1) is 0 Å². The van der Waals surface area contributed by atoms with Crippen molar-refractivity contribution in [2.75, 3.05) is 24.4 Å². The first-order valence-corrected chi connectivity index (χ1v) is 34.6. The summed E-state index contributed by atoms with van der Waals surface area (Å²) in [6.45, 7) is -0.244. The highest BCUT2D eigenvalue weighted by molar-refractivity contribution is 14.1. The summed E-state index contributed by atoms with van der Waals surface area (Å²) in [5.74, 6) is -10.7. The Morgan fingerprint density at radius 1 is 0.274 bits per heavy atom. The van der Waals surface area contributed by atoms with Gasteiger partial charge in [-0.1, -0.05) is 168 Å². The molecular weight excluding hydrogens is 1490 g/mol. The van der Waals surface area contributed by atoms with Crippen molar-refractivity contribution >= 4 is 82.3 Å². The number of aliphatic hydroxyl groups is 3. The minimum Gasteiger partial charge on any atom is -0.462 e. The Balaban J connectivity index is 1.22. The van der Waals surface area contributed by atoms with Crippen molar-refractivity contribution in [2.24, 2.45) is 0 Å². The van der Waals surface area contributed by atoms with E-state index in [9.17, 15) is 63.3 Å². The van der Waals surface area contributed by atoms with Gasteiger partial charge in [-0.3, -0.25) is 9.59 Å². The van der Waals surface area contributed by atoms with E-state index in [1.54, 1.807) is 95.4 Å². The molecule has 0 amide bonds. The van der Waals surface area contributed by atoms with E-state index in [1.165, 1.54) is 170 Å². The highest BCUT2D eigenvalue weighted by atomic mass is 127. The second-order valence-electron chi connectivity index (χ2n) is 23.1. The fourth-order valence-electron chi connectivity index (χ4n) is 10.5. The zero-order chi connectivity index (χ0) is 75.7. The van der Waals surface area contributed by atoms with E-state index in [4.69, 9.17) is 61.6 Å². The van der Waals surface area contributed by atoms with Crippen LogP contribution in [0.1, 0.15) is 116 Å². The largest absolute Gasteiger partial charge is 0.462 e. The summed E-state index contributed by atoms with van der Waals surface area (Å²) in [5, 5.41) is 37.5. The van der Waals surface area contributed by atoms with Gasteiger partial charge in [0.05, 0.1) is 64.3 Å². The molecule has 12 atom stereocenters. The van der Waals surface area contributed by atoms with Crippen LogP contribution in [0.4, 0.5) is 0 Å². The normalized spacial score (nSPS) is 14.4. The lowest BCUT2D eigenvalue weighted by molar-refractivity contribution is -0.278. The van der Waals surface area contributed by atoms with Gasteiger partial charge in [0.2, 0.25) is 0 Å². The van der Waals surface area contributed by atoms with Gasteiger partial charge in [-0.2, -0.15) is 0 Å². The second-order valence-corrected chi connectivity index (χ2v) is 23.7. The topological polar surface area (TPSA) is 351 Å². The molecule has 554 valence electrons. The highest BCUT2D eigenvalue weighted by Crippen LogP contribution is 2.30. The quantitative estimate of drug-likeness (QED) is 0.0106. The SMILES string of the molecule is CC(=O)OC(CCOC(O)C(OC(=O)c1ccccc1)C(OC(=O)c1ccccc1)C(CCOC(=O)c1ccccc1)OC(=O)c1ccccc1)C(OC(O)C(OC(=O)c1ccccc1)C(OC(=O)c1ccccc1)C(CCOC(=O)c1ccccc1)OC(=O)c1ccccc1)C(OC(C)=O)C(O)OCI. The molecule has 27 heteroatoms. The predicted octanol–water partition coefficient (Wildman–Crippen LogP) is 9.85. The van der Waals surface area contributed by atoms with Crippen molar-refractivity contribution in [1.29, 1.82) is 0 Å². The first-order chi connectivity index (χ1) is 51.3. The number of hydrogen-bond acceptors (Lipinski definition) is 26. The molecule has 8 aromatic carbocycles. The molecule has 0 radical (unpaired) electrons. The molecule has 0 bridgehead atoms. The van der Waals surface area contributed by atoms with Crippen LogP contribution in [-0.2, 0) is 71.2 Å². The minimum absolute atomic E-state index is 0.0199. The molecule has 0 spiro atoms. The number of carbonyl (C=O) groups is 10. The minimum atomic E-state index is -2.78. The zero-order valence-corrected chi connectivity index (χ0v) is 59.2. The van der Waals surface area contributed by atoms with Gasteiger partial charge < -0.3 is 76.9 Å². The number of aliphatic hydroxyl groups excluding tert-OH is 3. The molecule has 0 heterocycles. The molecule has 0 fully saturated rings. The fraction of sp³-hybridized carbons (Fsp3) is 0.266. The third kappa shape index (κ3) is 24.8. The van der Waals surface area contributed by atoms with E-state index in [0.717, 1.165) is 13.8 Å². The zero-order valence-electron chi connectivity index (χ0n) is 57.1. The number of carbonyl (C=O) groups excluding carboxylic acids is 10. The van der Waals surface area contributed by atoms with Crippen molar-refractivity contribution < 1.29 is 125 Å². The monoisotopic (exact) mass is 1570 g/mol. The molecule has 0 saturated carbocycles. The molecule has 8 rings (SSSR count). The summed E-state index contributed by atoms with van der Waals surface area (Å²) < 4.78 is 77.1. The van der Waals surface area contributed by atoms with Crippen molar-refractivity contribution in [1.82, 2.24) is 0 Å². The Hall–Kier alpha value is -11.1. The molecule has 0 aromatic heterocycles. The second kappa shape index (κ2) is 42.0. The Labute approximate surface area is 622 Å². The van der Waals surface area contributed by atoms with Crippen LogP contribution in [0.2, 0.25) is 0 Å². The first kappa shape index (κ1) is 80.6. The van der Waals surface area contributed by atoms with Gasteiger partial charge in [0.1, 0.15) is 29.0 Å². The summed E-state index contributed by atoms with van der Waals surface area (Å²) in [5.41, 5.74) is -0.329. The molecule has 0 saturated heterocycles. The van der Waals surface area contributed by atoms with Gasteiger partial charge in [0.15, 0.2) is 49.4 Å². The number of hydrogen-bond donors (Lipinski definition) is 3. The average Bonchev–Trinajstić information content (AvgIpc) is 0.927. The summed E-state index contributed by atoms with van der Waals surface area (Å²) in [4.78, 5) is 140. The van der Waals surface area contributed by atoms with E-state index in [-0.39, 0.29) is 49.1 Å². The maximum atomic E-state index is 14.6. The van der Waals surface area contributed by atoms with E-state index in [1.807, 2.05) is 0 Å². The number of esters is 10.